The molecule has 1 N–H and O–H groups in total. The molecule has 0 spiro atoms. The standard InChI is InChI=1S/C37H40N4O5/c1-37(2,3)46-36(43)41-20-19-28(32(42)22-41)27-15-16-29-31(21-27)40(4)39-34(29)30-17-18-33(44-23-25-11-7-5-8-12-25)38-35(30)45-24-26-13-9-6-10-14-26/h5-18,21,28,32,42H,19-20,22-24H2,1-4H3/t28?,32-/m1/s1. The number of benzene rings is 3. The molecule has 9 heteroatoms. The lowest BCUT2D eigenvalue weighted by Gasteiger charge is -2.37. The number of likely N-dealkylation sites (tertiary alicyclic amines) is 1. The van der Waals surface area contributed by atoms with Gasteiger partial charge in [-0.15, -0.1) is 0 Å². The van der Waals surface area contributed by atoms with Gasteiger partial charge in [0.2, 0.25) is 11.8 Å². The number of aliphatic hydroxyl groups excluding tert-OH is 1. The Morgan fingerprint density at radius 1 is 0.913 bits per heavy atom. The number of ether oxygens (including phenoxy) is 3. The largest absolute Gasteiger partial charge is 0.473 e. The van der Waals surface area contributed by atoms with E-state index in [-0.39, 0.29) is 12.5 Å². The summed E-state index contributed by atoms with van der Waals surface area (Å²) in [6, 6.07) is 29.9. The van der Waals surface area contributed by atoms with E-state index in [0.29, 0.717) is 37.9 Å². The SMILES string of the molecule is Cn1nc(-c2ccc(OCc3ccccc3)nc2OCc2ccccc2)c2ccc(C3CCN(C(=O)OC(C)(C)C)C[C@H]3O)cc21. The van der Waals surface area contributed by atoms with E-state index in [1.807, 2.05) is 117 Å². The Balaban J connectivity index is 1.26. The minimum atomic E-state index is -0.711. The molecule has 2 aromatic heterocycles. The first kappa shape index (κ1) is 31.1. The first-order chi connectivity index (χ1) is 22.1. The number of fused-ring (bicyclic) bond motifs is 1. The topological polar surface area (TPSA) is 98.9 Å². The van der Waals surface area contributed by atoms with Crippen LogP contribution in [-0.4, -0.2) is 55.7 Å². The number of aryl methyl sites for hydroxylation is 1. The molecule has 1 saturated heterocycles. The molecule has 0 saturated carbocycles. The van der Waals surface area contributed by atoms with Gasteiger partial charge in [0.05, 0.1) is 23.7 Å². The summed E-state index contributed by atoms with van der Waals surface area (Å²) >= 11 is 0. The fourth-order valence-electron chi connectivity index (χ4n) is 5.77. The molecule has 46 heavy (non-hydrogen) atoms. The van der Waals surface area contributed by atoms with Gasteiger partial charge in [0.1, 0.15) is 24.5 Å². The van der Waals surface area contributed by atoms with Crippen LogP contribution in [0, 0.1) is 0 Å². The van der Waals surface area contributed by atoms with Crippen molar-refractivity contribution >= 4 is 17.0 Å². The Hall–Kier alpha value is -4.89. The van der Waals surface area contributed by atoms with Crippen LogP contribution in [0.15, 0.2) is 91.0 Å². The third-order valence-electron chi connectivity index (χ3n) is 8.08. The normalized spacial score (nSPS) is 16.8. The van der Waals surface area contributed by atoms with Crippen molar-refractivity contribution in [2.24, 2.45) is 7.05 Å². The molecular weight excluding hydrogens is 580 g/mol. The first-order valence-corrected chi connectivity index (χ1v) is 15.6. The van der Waals surface area contributed by atoms with Gasteiger partial charge in [-0.25, -0.2) is 4.79 Å². The smallest absolute Gasteiger partial charge is 0.410 e. The van der Waals surface area contributed by atoms with Crippen LogP contribution in [0.4, 0.5) is 4.79 Å². The molecule has 9 nitrogen and oxygen atoms in total. The molecule has 6 rings (SSSR count). The Labute approximate surface area is 269 Å². The second-order valence-corrected chi connectivity index (χ2v) is 12.7. The number of piperidine rings is 1. The van der Waals surface area contributed by atoms with Crippen LogP contribution in [0.2, 0.25) is 0 Å². The monoisotopic (exact) mass is 620 g/mol. The number of hydrogen-bond acceptors (Lipinski definition) is 7. The lowest BCUT2D eigenvalue weighted by molar-refractivity contribution is -0.00151. The third-order valence-corrected chi connectivity index (χ3v) is 8.08. The van der Waals surface area contributed by atoms with E-state index in [2.05, 4.69) is 6.07 Å². The summed E-state index contributed by atoms with van der Waals surface area (Å²) in [6.45, 7) is 7.00. The molecule has 1 aliphatic heterocycles. The van der Waals surface area contributed by atoms with Crippen molar-refractivity contribution < 1.29 is 24.1 Å². The second-order valence-electron chi connectivity index (χ2n) is 12.7. The van der Waals surface area contributed by atoms with Crippen molar-refractivity contribution in [1.82, 2.24) is 19.7 Å². The van der Waals surface area contributed by atoms with E-state index in [9.17, 15) is 9.90 Å². The molecule has 238 valence electrons. The van der Waals surface area contributed by atoms with Crippen LogP contribution in [0.1, 0.15) is 49.8 Å². The summed E-state index contributed by atoms with van der Waals surface area (Å²) in [7, 11) is 1.91. The average Bonchev–Trinajstić information content (AvgIpc) is 3.38. The van der Waals surface area contributed by atoms with Crippen molar-refractivity contribution in [2.75, 3.05) is 13.1 Å². The molecule has 1 aliphatic rings. The molecule has 3 aromatic carbocycles. The maximum absolute atomic E-state index is 12.6. The molecule has 0 aliphatic carbocycles. The van der Waals surface area contributed by atoms with E-state index in [1.54, 1.807) is 4.90 Å². The number of pyridine rings is 1. The first-order valence-electron chi connectivity index (χ1n) is 15.6. The zero-order valence-corrected chi connectivity index (χ0v) is 26.7. The summed E-state index contributed by atoms with van der Waals surface area (Å²) in [4.78, 5) is 19.0. The Bertz CT molecular complexity index is 1800. The van der Waals surface area contributed by atoms with Crippen LogP contribution >= 0.6 is 0 Å². The van der Waals surface area contributed by atoms with Gasteiger partial charge in [-0.2, -0.15) is 10.1 Å². The number of carbonyl (C=O) groups excluding carboxylic acids is 1. The van der Waals surface area contributed by atoms with Gasteiger partial charge < -0.3 is 24.2 Å². The van der Waals surface area contributed by atoms with Crippen LogP contribution in [0.3, 0.4) is 0 Å². The number of rotatable bonds is 8. The van der Waals surface area contributed by atoms with Gasteiger partial charge in [0.25, 0.3) is 0 Å². The Morgan fingerprint density at radius 2 is 1.59 bits per heavy atom. The number of amides is 1. The van der Waals surface area contributed by atoms with Crippen molar-refractivity contribution in [3.63, 3.8) is 0 Å². The minimum absolute atomic E-state index is 0.117. The number of hydrogen-bond donors (Lipinski definition) is 1. The highest BCUT2D eigenvalue weighted by Gasteiger charge is 2.33. The molecule has 0 radical (unpaired) electrons. The highest BCUT2D eigenvalue weighted by atomic mass is 16.6. The molecule has 1 unspecified atom stereocenters. The van der Waals surface area contributed by atoms with Crippen molar-refractivity contribution in [3.05, 3.63) is 108 Å². The van der Waals surface area contributed by atoms with Crippen LogP contribution < -0.4 is 9.47 Å². The van der Waals surface area contributed by atoms with E-state index in [0.717, 1.165) is 38.9 Å². The van der Waals surface area contributed by atoms with Crippen LogP contribution in [0.25, 0.3) is 22.2 Å². The van der Waals surface area contributed by atoms with Crippen molar-refractivity contribution in [3.8, 4) is 23.0 Å². The quantitative estimate of drug-likeness (QED) is 0.202. The van der Waals surface area contributed by atoms with E-state index in [1.165, 1.54) is 0 Å². The lowest BCUT2D eigenvalue weighted by Crippen LogP contribution is -2.47. The van der Waals surface area contributed by atoms with Crippen molar-refractivity contribution in [2.45, 2.75) is 58.0 Å². The molecular formula is C37H40N4O5. The van der Waals surface area contributed by atoms with Gasteiger partial charge in [-0.05, 0) is 56.0 Å². The van der Waals surface area contributed by atoms with E-state index >= 15 is 0 Å². The maximum atomic E-state index is 12.6. The predicted octanol–water partition coefficient (Wildman–Crippen LogP) is 6.88. The molecule has 5 aromatic rings. The zero-order chi connectivity index (χ0) is 32.3. The average molecular weight is 621 g/mol. The molecule has 1 fully saturated rings. The number of nitrogens with zero attached hydrogens (tertiary/aromatic N) is 4. The van der Waals surface area contributed by atoms with Gasteiger partial charge >= 0.3 is 6.09 Å². The molecule has 1 amide bonds. The van der Waals surface area contributed by atoms with E-state index in [4.69, 9.17) is 24.3 Å². The molecule has 3 heterocycles. The lowest BCUT2D eigenvalue weighted by atomic mass is 9.86. The Morgan fingerprint density at radius 3 is 2.24 bits per heavy atom. The molecule has 2 atom stereocenters. The Kier molecular flexibility index (Phi) is 8.94. The summed E-state index contributed by atoms with van der Waals surface area (Å²) in [5.41, 5.74) is 4.92. The van der Waals surface area contributed by atoms with Crippen LogP contribution in [0.5, 0.6) is 11.8 Å². The van der Waals surface area contributed by atoms with E-state index < -0.39 is 17.8 Å². The van der Waals surface area contributed by atoms with Gasteiger partial charge in [-0.3, -0.25) is 4.68 Å². The summed E-state index contributed by atoms with van der Waals surface area (Å²) in [5.74, 6) is 0.780. The van der Waals surface area contributed by atoms with Crippen molar-refractivity contribution in [1.29, 1.82) is 0 Å². The van der Waals surface area contributed by atoms with Gasteiger partial charge in [-0.1, -0.05) is 72.8 Å². The molecule has 0 bridgehead atoms. The number of aliphatic hydroxyl groups is 1. The number of carbonyl (C=O) groups is 1. The zero-order valence-electron chi connectivity index (χ0n) is 26.7. The third kappa shape index (κ3) is 7.15. The second kappa shape index (κ2) is 13.2. The van der Waals surface area contributed by atoms with Crippen LogP contribution in [-0.2, 0) is 25.0 Å². The summed E-state index contributed by atoms with van der Waals surface area (Å²) in [5, 5.41) is 16.9. The number of aromatic nitrogens is 3. The summed E-state index contributed by atoms with van der Waals surface area (Å²) < 4.78 is 19.7. The fourth-order valence-corrected chi connectivity index (χ4v) is 5.77. The maximum Gasteiger partial charge on any atom is 0.410 e. The highest BCUT2D eigenvalue weighted by Crippen LogP contribution is 2.37. The van der Waals surface area contributed by atoms with Gasteiger partial charge in [0.15, 0.2) is 0 Å². The van der Waals surface area contributed by atoms with Gasteiger partial charge in [0, 0.05) is 31.0 Å². The highest BCUT2D eigenvalue weighted by molar-refractivity contribution is 5.95. The minimum Gasteiger partial charge on any atom is -0.473 e. The predicted molar refractivity (Wildman–Crippen MR) is 177 cm³/mol. The fraction of sp³-hybridized carbons (Fsp3) is 0.324. The number of β-amino-alcohol motifs (C(OH)–C–C–N with tert-alkyl or cyclic N) is 1. The summed E-state index contributed by atoms with van der Waals surface area (Å²) in [6.07, 6.45) is -0.480.